The van der Waals surface area contributed by atoms with E-state index in [2.05, 4.69) is 27.0 Å². The largest absolute Gasteiger partial charge is 0.573 e. The average molecular weight is 458 g/mol. The molecule has 1 atom stereocenters. The van der Waals surface area contributed by atoms with Crippen LogP contribution in [0.25, 0.3) is 0 Å². The molecule has 24 heavy (non-hydrogen) atoms. The molecule has 3 N–H and O–H groups in total. The van der Waals surface area contributed by atoms with E-state index in [1.807, 2.05) is 0 Å². The predicted molar refractivity (Wildman–Crippen MR) is 98.9 cm³/mol. The smallest absolute Gasteiger partial charge is 0.406 e. The molecule has 0 aromatic heterocycles. The lowest BCUT2D eigenvalue weighted by atomic mass is 9.99. The van der Waals surface area contributed by atoms with Crippen LogP contribution in [0, 0.1) is 5.92 Å². The van der Waals surface area contributed by atoms with Gasteiger partial charge in [0.2, 0.25) is 0 Å². The topological polar surface area (TPSA) is 62.9 Å². The number of hydrogen-bond acceptors (Lipinski definition) is 3. The van der Waals surface area contributed by atoms with Crippen LogP contribution in [0.2, 0.25) is 0 Å². The quantitative estimate of drug-likeness (QED) is 0.413. The zero-order chi connectivity index (χ0) is 16.9. The zero-order valence-corrected chi connectivity index (χ0v) is 15.7. The molecule has 1 saturated heterocycles. The molecule has 0 bridgehead atoms. The molecule has 5 nitrogen and oxygen atoms in total. The van der Waals surface area contributed by atoms with Gasteiger partial charge < -0.3 is 20.7 Å². The van der Waals surface area contributed by atoms with Crippen LogP contribution in [0.15, 0.2) is 29.3 Å². The third-order valence-corrected chi connectivity index (χ3v) is 3.60. The molecule has 1 aliphatic rings. The maximum Gasteiger partial charge on any atom is 0.573 e. The number of benzene rings is 1. The summed E-state index contributed by atoms with van der Waals surface area (Å²) in [6, 6.07) is 5.36. The van der Waals surface area contributed by atoms with Crippen molar-refractivity contribution in [1.29, 1.82) is 0 Å². The Morgan fingerprint density at radius 2 is 2.04 bits per heavy atom. The van der Waals surface area contributed by atoms with Crippen molar-refractivity contribution in [1.82, 2.24) is 4.90 Å². The Kier molecular flexibility index (Phi) is 8.07. The van der Waals surface area contributed by atoms with E-state index in [9.17, 15) is 13.2 Å². The van der Waals surface area contributed by atoms with Gasteiger partial charge >= 0.3 is 6.36 Å². The minimum atomic E-state index is -4.69. The van der Waals surface area contributed by atoms with Crippen LogP contribution in [-0.2, 0) is 0 Å². The van der Waals surface area contributed by atoms with Gasteiger partial charge in [-0.05, 0) is 56.6 Å². The Hall–Kier alpha value is -1.23. The number of alkyl halides is 3. The maximum absolute atomic E-state index is 12.1. The highest BCUT2D eigenvalue weighted by atomic mass is 127. The van der Waals surface area contributed by atoms with E-state index in [-0.39, 0.29) is 35.7 Å². The molecule has 9 heteroatoms. The van der Waals surface area contributed by atoms with Gasteiger partial charge in [0.05, 0.1) is 0 Å². The van der Waals surface area contributed by atoms with Gasteiger partial charge in [-0.3, -0.25) is 4.99 Å². The SMILES string of the molecule is CN1CCCC(CN=C(N)Nc2ccc(OC(F)(F)F)cc2)C1.I. The summed E-state index contributed by atoms with van der Waals surface area (Å²) in [4.78, 5) is 6.58. The fourth-order valence-electron chi connectivity index (χ4n) is 2.58. The van der Waals surface area contributed by atoms with Crippen LogP contribution < -0.4 is 15.8 Å². The third kappa shape index (κ3) is 7.56. The second-order valence-electron chi connectivity index (χ2n) is 5.69. The van der Waals surface area contributed by atoms with Crippen molar-refractivity contribution in [3.63, 3.8) is 0 Å². The van der Waals surface area contributed by atoms with Gasteiger partial charge in [-0.1, -0.05) is 0 Å². The van der Waals surface area contributed by atoms with E-state index in [0.29, 0.717) is 18.2 Å². The van der Waals surface area contributed by atoms with E-state index in [0.717, 1.165) is 25.9 Å². The summed E-state index contributed by atoms with van der Waals surface area (Å²) >= 11 is 0. The number of guanidine groups is 1. The van der Waals surface area contributed by atoms with Gasteiger partial charge in [0, 0.05) is 18.8 Å². The Morgan fingerprint density at radius 3 is 2.62 bits per heavy atom. The molecule has 0 aliphatic carbocycles. The van der Waals surface area contributed by atoms with Gasteiger partial charge in [0.15, 0.2) is 5.96 Å². The maximum atomic E-state index is 12.1. The number of likely N-dealkylation sites (tertiary alicyclic amines) is 1. The Morgan fingerprint density at radius 1 is 1.38 bits per heavy atom. The van der Waals surface area contributed by atoms with Crippen molar-refractivity contribution in [3.8, 4) is 5.75 Å². The van der Waals surface area contributed by atoms with E-state index in [1.165, 1.54) is 24.3 Å². The molecule has 1 aliphatic heterocycles. The molecule has 0 amide bonds. The second kappa shape index (κ2) is 9.30. The number of nitrogens with one attached hydrogen (secondary N) is 1. The van der Waals surface area contributed by atoms with Crippen LogP contribution in [0.3, 0.4) is 0 Å². The monoisotopic (exact) mass is 458 g/mol. The lowest BCUT2D eigenvalue weighted by Gasteiger charge is -2.28. The van der Waals surface area contributed by atoms with Crippen molar-refractivity contribution >= 4 is 35.6 Å². The molecular formula is C15H22F3IN4O. The van der Waals surface area contributed by atoms with Gasteiger partial charge in [-0.25, -0.2) is 0 Å². The highest BCUT2D eigenvalue weighted by Crippen LogP contribution is 2.23. The molecule has 136 valence electrons. The van der Waals surface area contributed by atoms with Crippen LogP contribution in [-0.4, -0.2) is 43.9 Å². The number of hydrogen-bond donors (Lipinski definition) is 2. The normalized spacial score (nSPS) is 19.5. The van der Waals surface area contributed by atoms with Crippen molar-refractivity contribution in [2.45, 2.75) is 19.2 Å². The average Bonchev–Trinajstić information content (AvgIpc) is 2.46. The molecule has 1 aromatic carbocycles. The van der Waals surface area contributed by atoms with E-state index >= 15 is 0 Å². The molecule has 0 saturated carbocycles. The first-order chi connectivity index (χ1) is 10.8. The highest BCUT2D eigenvalue weighted by Gasteiger charge is 2.30. The lowest BCUT2D eigenvalue weighted by Crippen LogP contribution is -2.34. The molecule has 1 unspecified atom stereocenters. The number of rotatable bonds is 4. The first kappa shape index (κ1) is 20.8. The zero-order valence-electron chi connectivity index (χ0n) is 13.3. The number of nitrogens with zero attached hydrogens (tertiary/aromatic N) is 2. The van der Waals surface area contributed by atoms with Crippen LogP contribution in [0.5, 0.6) is 5.75 Å². The fourth-order valence-corrected chi connectivity index (χ4v) is 2.58. The van der Waals surface area contributed by atoms with Gasteiger partial charge in [0.1, 0.15) is 5.75 Å². The first-order valence-corrected chi connectivity index (χ1v) is 7.43. The van der Waals surface area contributed by atoms with Crippen LogP contribution in [0.4, 0.5) is 18.9 Å². The van der Waals surface area contributed by atoms with Gasteiger partial charge in [-0.15, -0.1) is 37.1 Å². The van der Waals surface area contributed by atoms with Crippen molar-refractivity contribution in [2.75, 3.05) is 32.0 Å². The molecule has 0 spiro atoms. The molecule has 1 heterocycles. The molecule has 1 fully saturated rings. The summed E-state index contributed by atoms with van der Waals surface area (Å²) in [6.07, 6.45) is -2.40. The van der Waals surface area contributed by atoms with Crippen molar-refractivity contribution in [2.24, 2.45) is 16.6 Å². The van der Waals surface area contributed by atoms with Crippen molar-refractivity contribution in [3.05, 3.63) is 24.3 Å². The highest BCUT2D eigenvalue weighted by molar-refractivity contribution is 14.0. The lowest BCUT2D eigenvalue weighted by molar-refractivity contribution is -0.274. The summed E-state index contributed by atoms with van der Waals surface area (Å²) < 4.78 is 40.0. The molecule has 1 aromatic rings. The summed E-state index contributed by atoms with van der Waals surface area (Å²) in [5.74, 6) is 0.461. The molecule has 0 radical (unpaired) electrons. The first-order valence-electron chi connectivity index (χ1n) is 7.43. The van der Waals surface area contributed by atoms with E-state index in [4.69, 9.17) is 5.73 Å². The third-order valence-electron chi connectivity index (χ3n) is 3.60. The van der Waals surface area contributed by atoms with Crippen LogP contribution >= 0.6 is 24.0 Å². The number of aliphatic imine (C=N–C) groups is 1. The number of ether oxygens (including phenoxy) is 1. The second-order valence-corrected chi connectivity index (χ2v) is 5.69. The summed E-state index contributed by atoms with van der Waals surface area (Å²) in [5.41, 5.74) is 6.37. The number of piperidine rings is 1. The van der Waals surface area contributed by atoms with Gasteiger partial charge in [-0.2, -0.15) is 0 Å². The Bertz CT molecular complexity index is 537. The number of nitrogens with two attached hydrogens (primary N) is 1. The standard InChI is InChI=1S/C15H21F3N4O.HI/c1-22-8-2-3-11(10-22)9-20-14(19)21-12-4-6-13(7-5-12)23-15(16,17)18;/h4-7,11H,2-3,8-10H2,1H3,(H3,19,20,21);1H. The van der Waals surface area contributed by atoms with E-state index in [1.54, 1.807) is 0 Å². The minimum Gasteiger partial charge on any atom is -0.406 e. The number of halogens is 4. The minimum absolute atomic E-state index is 0. The summed E-state index contributed by atoms with van der Waals surface area (Å²) in [7, 11) is 2.09. The molecular weight excluding hydrogens is 436 g/mol. The Balaban J connectivity index is 0.00000288. The summed E-state index contributed by atoms with van der Waals surface area (Å²) in [6.45, 7) is 2.75. The number of anilines is 1. The predicted octanol–water partition coefficient (Wildman–Crippen LogP) is 3.27. The van der Waals surface area contributed by atoms with Gasteiger partial charge in [0.25, 0.3) is 0 Å². The Labute approximate surface area is 156 Å². The summed E-state index contributed by atoms with van der Waals surface area (Å²) in [5, 5.41) is 2.86. The van der Waals surface area contributed by atoms with Crippen molar-refractivity contribution < 1.29 is 17.9 Å². The fraction of sp³-hybridized carbons (Fsp3) is 0.533. The molecule has 2 rings (SSSR count). The van der Waals surface area contributed by atoms with E-state index < -0.39 is 6.36 Å². The van der Waals surface area contributed by atoms with Crippen LogP contribution in [0.1, 0.15) is 12.8 Å².